The van der Waals surface area contributed by atoms with Crippen LogP contribution in [0.5, 0.6) is 5.75 Å². The highest BCUT2D eigenvalue weighted by molar-refractivity contribution is 6.32. The number of amides is 1. The first-order valence-corrected chi connectivity index (χ1v) is 10.8. The third-order valence-electron chi connectivity index (χ3n) is 5.22. The van der Waals surface area contributed by atoms with E-state index in [0.717, 1.165) is 23.3 Å². The summed E-state index contributed by atoms with van der Waals surface area (Å²) in [6.07, 6.45) is 0.353. The first-order chi connectivity index (χ1) is 16.2. The summed E-state index contributed by atoms with van der Waals surface area (Å²) in [5.41, 5.74) is 7.89. The molecule has 3 rings (SSSR count). The van der Waals surface area contributed by atoms with E-state index in [9.17, 15) is 18.4 Å². The van der Waals surface area contributed by atoms with Gasteiger partial charge in [-0.15, -0.1) is 0 Å². The number of hydrogen-bond donors (Lipinski definition) is 4. The molecular weight excluding hydrogens is 468 g/mol. The fourth-order valence-electron chi connectivity index (χ4n) is 3.24. The zero-order chi connectivity index (χ0) is 24.8. The maximum Gasteiger partial charge on any atom is 0.270 e. The lowest BCUT2D eigenvalue weighted by Crippen LogP contribution is -2.42. The van der Waals surface area contributed by atoms with E-state index in [2.05, 4.69) is 10.3 Å². The van der Waals surface area contributed by atoms with E-state index in [4.69, 9.17) is 27.2 Å². The van der Waals surface area contributed by atoms with Crippen LogP contribution in [0.4, 0.5) is 8.78 Å². The van der Waals surface area contributed by atoms with Gasteiger partial charge in [0.15, 0.2) is 0 Å². The molecule has 7 nitrogen and oxygen atoms in total. The topological polar surface area (TPSA) is 117 Å². The van der Waals surface area contributed by atoms with Crippen molar-refractivity contribution >= 4 is 17.5 Å². The van der Waals surface area contributed by atoms with Crippen LogP contribution >= 0.6 is 11.6 Å². The van der Waals surface area contributed by atoms with Gasteiger partial charge in [0.1, 0.15) is 35.1 Å². The van der Waals surface area contributed by atoms with Crippen molar-refractivity contribution in [2.45, 2.75) is 32.5 Å². The molecule has 0 saturated carbocycles. The molecule has 0 fully saturated rings. The van der Waals surface area contributed by atoms with Crippen LogP contribution in [0.1, 0.15) is 27.9 Å². The Bertz CT molecular complexity index is 1230. The number of ether oxygens (including phenoxy) is 1. The SMILES string of the molecule is Cc1[nH]c(=O)c(Cl)c(OCc2ccc(F)cc2F)c1Cc1ccc(CNC(=O)[C@@H](N)CO)cc1. The van der Waals surface area contributed by atoms with E-state index in [1.165, 1.54) is 6.07 Å². The van der Waals surface area contributed by atoms with E-state index < -0.39 is 35.7 Å². The van der Waals surface area contributed by atoms with Gasteiger partial charge in [-0.2, -0.15) is 0 Å². The van der Waals surface area contributed by atoms with Gasteiger partial charge in [-0.1, -0.05) is 35.9 Å². The molecule has 0 unspecified atom stereocenters. The Morgan fingerprint density at radius 3 is 2.53 bits per heavy atom. The summed E-state index contributed by atoms with van der Waals surface area (Å²) in [6, 6.07) is 9.48. The van der Waals surface area contributed by atoms with E-state index in [0.29, 0.717) is 17.7 Å². The van der Waals surface area contributed by atoms with Crippen molar-refractivity contribution in [3.63, 3.8) is 0 Å². The maximum absolute atomic E-state index is 14.0. The normalized spacial score (nSPS) is 11.8. The minimum atomic E-state index is -0.978. The van der Waals surface area contributed by atoms with Crippen molar-refractivity contribution in [1.29, 1.82) is 0 Å². The van der Waals surface area contributed by atoms with Crippen LogP contribution in [0.15, 0.2) is 47.3 Å². The average molecular weight is 492 g/mol. The summed E-state index contributed by atoms with van der Waals surface area (Å²) in [6.45, 7) is 1.26. The number of aliphatic hydroxyl groups excluding tert-OH is 1. The lowest BCUT2D eigenvalue weighted by Gasteiger charge is -2.16. The highest BCUT2D eigenvalue weighted by Crippen LogP contribution is 2.30. The number of pyridine rings is 1. The van der Waals surface area contributed by atoms with Gasteiger partial charge >= 0.3 is 0 Å². The van der Waals surface area contributed by atoms with Crippen LogP contribution in [0.25, 0.3) is 0 Å². The molecule has 10 heteroatoms. The Kier molecular flexibility index (Phi) is 8.38. The molecule has 0 bridgehead atoms. The van der Waals surface area contributed by atoms with Crippen LogP contribution in [0.2, 0.25) is 5.02 Å². The molecule has 0 aliphatic carbocycles. The molecule has 3 aromatic rings. The molecule has 0 spiro atoms. The number of H-pyrrole nitrogens is 1. The number of aliphatic hydroxyl groups is 1. The number of nitrogens with two attached hydrogens (primary N) is 1. The van der Waals surface area contributed by atoms with Gasteiger partial charge in [-0.3, -0.25) is 9.59 Å². The molecule has 0 aliphatic rings. The Balaban J connectivity index is 1.78. The highest BCUT2D eigenvalue weighted by Gasteiger charge is 2.18. The lowest BCUT2D eigenvalue weighted by atomic mass is 10.0. The Labute approximate surface area is 199 Å². The molecule has 180 valence electrons. The van der Waals surface area contributed by atoms with Crippen LogP contribution in [0, 0.1) is 18.6 Å². The number of nitrogens with one attached hydrogen (secondary N) is 2. The molecule has 5 N–H and O–H groups in total. The summed E-state index contributed by atoms with van der Waals surface area (Å²) >= 11 is 6.21. The summed E-state index contributed by atoms with van der Waals surface area (Å²) in [7, 11) is 0. The van der Waals surface area contributed by atoms with Crippen LogP contribution in [0.3, 0.4) is 0 Å². The molecule has 1 atom stereocenters. The number of aromatic amines is 1. The van der Waals surface area contributed by atoms with Crippen molar-refractivity contribution in [2.75, 3.05) is 6.61 Å². The predicted octanol–water partition coefficient (Wildman–Crippen LogP) is 2.72. The summed E-state index contributed by atoms with van der Waals surface area (Å²) < 4.78 is 32.9. The van der Waals surface area contributed by atoms with Gasteiger partial charge in [0.05, 0.1) is 6.61 Å². The number of aromatic nitrogens is 1. The molecule has 0 radical (unpaired) electrons. The second kappa shape index (κ2) is 11.2. The smallest absolute Gasteiger partial charge is 0.270 e. The molecule has 0 saturated heterocycles. The van der Waals surface area contributed by atoms with Gasteiger partial charge in [0.2, 0.25) is 5.91 Å². The molecule has 1 heterocycles. The third kappa shape index (κ3) is 6.19. The molecule has 2 aromatic carbocycles. The van der Waals surface area contributed by atoms with Gasteiger partial charge in [0, 0.05) is 35.9 Å². The van der Waals surface area contributed by atoms with Crippen molar-refractivity contribution in [2.24, 2.45) is 5.73 Å². The number of carbonyl (C=O) groups excluding carboxylic acids is 1. The van der Waals surface area contributed by atoms with Crippen LogP contribution < -0.4 is 21.3 Å². The number of aryl methyl sites for hydroxylation is 1. The lowest BCUT2D eigenvalue weighted by molar-refractivity contribution is -0.123. The predicted molar refractivity (Wildman–Crippen MR) is 124 cm³/mol. The monoisotopic (exact) mass is 491 g/mol. The largest absolute Gasteiger partial charge is 0.487 e. The summed E-state index contributed by atoms with van der Waals surface area (Å²) in [5.74, 6) is -1.79. The number of benzene rings is 2. The second-order valence-corrected chi connectivity index (χ2v) is 8.10. The zero-order valence-electron chi connectivity index (χ0n) is 18.3. The van der Waals surface area contributed by atoms with E-state index in [-0.39, 0.29) is 29.5 Å². The minimum absolute atomic E-state index is 0.119. The van der Waals surface area contributed by atoms with Gasteiger partial charge in [-0.25, -0.2) is 8.78 Å². The number of halogens is 3. The molecule has 34 heavy (non-hydrogen) atoms. The Hall–Kier alpha value is -3.27. The highest BCUT2D eigenvalue weighted by atomic mass is 35.5. The second-order valence-electron chi connectivity index (χ2n) is 7.73. The quantitative estimate of drug-likeness (QED) is 0.367. The standard InChI is InChI=1S/C24H24ClF2N3O4/c1-13-18(8-14-2-4-15(5-3-14)10-29-23(32)20(28)11-31)22(21(25)24(33)30-13)34-12-16-6-7-17(26)9-19(16)27/h2-7,9,20,31H,8,10-12,28H2,1H3,(H,29,32)(H,30,33)/t20-/m0/s1. The van der Waals surface area contributed by atoms with E-state index in [1.54, 1.807) is 6.92 Å². The average Bonchev–Trinajstić information content (AvgIpc) is 2.82. The minimum Gasteiger partial charge on any atom is -0.487 e. The Morgan fingerprint density at radius 1 is 1.21 bits per heavy atom. The van der Waals surface area contributed by atoms with Gasteiger partial charge < -0.3 is 25.9 Å². The summed E-state index contributed by atoms with van der Waals surface area (Å²) in [5, 5.41) is 11.4. The van der Waals surface area contributed by atoms with Crippen molar-refractivity contribution in [3.05, 3.63) is 97.4 Å². The van der Waals surface area contributed by atoms with E-state index >= 15 is 0 Å². The van der Waals surface area contributed by atoms with Gasteiger partial charge in [0.25, 0.3) is 5.56 Å². The summed E-state index contributed by atoms with van der Waals surface area (Å²) in [4.78, 5) is 26.6. The van der Waals surface area contributed by atoms with Crippen LogP contribution in [-0.4, -0.2) is 28.6 Å². The first-order valence-electron chi connectivity index (χ1n) is 10.4. The fourth-order valence-corrected chi connectivity index (χ4v) is 3.46. The molecular formula is C24H24ClF2N3O4. The molecule has 0 aliphatic heterocycles. The fraction of sp³-hybridized carbons (Fsp3) is 0.250. The zero-order valence-corrected chi connectivity index (χ0v) is 19.1. The first kappa shape index (κ1) is 25.4. The molecule has 1 aromatic heterocycles. The van der Waals surface area contributed by atoms with Crippen molar-refractivity contribution in [1.82, 2.24) is 10.3 Å². The Morgan fingerprint density at radius 2 is 1.88 bits per heavy atom. The number of hydrogen-bond acceptors (Lipinski definition) is 5. The van der Waals surface area contributed by atoms with Gasteiger partial charge in [-0.05, 0) is 30.2 Å². The molecule has 1 amide bonds. The van der Waals surface area contributed by atoms with Crippen molar-refractivity contribution in [3.8, 4) is 5.75 Å². The van der Waals surface area contributed by atoms with Crippen molar-refractivity contribution < 1.29 is 23.4 Å². The third-order valence-corrected chi connectivity index (χ3v) is 5.56. The maximum atomic E-state index is 14.0. The number of rotatable bonds is 9. The number of carbonyl (C=O) groups is 1. The van der Waals surface area contributed by atoms with E-state index in [1.807, 2.05) is 24.3 Å². The van der Waals surface area contributed by atoms with Crippen LogP contribution in [-0.2, 0) is 24.4 Å².